The Labute approximate surface area is 120 Å². The number of ether oxygens (including phenoxy) is 2. The largest absolute Gasteiger partial charge is 0.494 e. The van der Waals surface area contributed by atoms with Gasteiger partial charge in [-0.3, -0.25) is 4.90 Å². The van der Waals surface area contributed by atoms with Gasteiger partial charge in [-0.25, -0.2) is 0 Å². The van der Waals surface area contributed by atoms with E-state index >= 15 is 0 Å². The Balaban J connectivity index is 1.59. The molecule has 1 aromatic rings. The van der Waals surface area contributed by atoms with Gasteiger partial charge in [0.2, 0.25) is 0 Å². The fourth-order valence-corrected chi connectivity index (χ4v) is 2.68. The van der Waals surface area contributed by atoms with Crippen LogP contribution in [0.1, 0.15) is 23.7 Å². The van der Waals surface area contributed by atoms with Crippen molar-refractivity contribution in [2.24, 2.45) is 0 Å². The second-order valence-electron chi connectivity index (χ2n) is 5.35. The van der Waals surface area contributed by atoms with E-state index in [1.54, 1.807) is 12.5 Å². The van der Waals surface area contributed by atoms with E-state index in [-0.39, 0.29) is 6.10 Å². The van der Waals surface area contributed by atoms with Crippen molar-refractivity contribution in [3.8, 4) is 0 Å². The molecule has 20 heavy (non-hydrogen) atoms. The summed E-state index contributed by atoms with van der Waals surface area (Å²) in [5.74, 6) is 0. The van der Waals surface area contributed by atoms with Crippen LogP contribution in [0.15, 0.2) is 36.8 Å². The van der Waals surface area contributed by atoms with Gasteiger partial charge in [0, 0.05) is 19.6 Å². The molecule has 0 spiro atoms. The fraction of sp³-hybridized carbons (Fsp3) is 0.500. The Morgan fingerprint density at radius 1 is 1.10 bits per heavy atom. The quantitative estimate of drug-likeness (QED) is 0.914. The first-order valence-corrected chi connectivity index (χ1v) is 7.36. The van der Waals surface area contributed by atoms with Crippen LogP contribution in [-0.2, 0) is 16.0 Å². The maximum absolute atomic E-state index is 5.55. The average Bonchev–Trinajstić information content (AvgIpc) is 2.78. The van der Waals surface area contributed by atoms with E-state index in [0.29, 0.717) is 6.61 Å². The summed E-state index contributed by atoms with van der Waals surface area (Å²) < 4.78 is 10.8. The zero-order valence-electron chi connectivity index (χ0n) is 11.8. The Bertz CT molecular complexity index is 436. The molecule has 0 amide bonds. The van der Waals surface area contributed by atoms with Crippen molar-refractivity contribution in [3.05, 3.63) is 47.9 Å². The minimum Gasteiger partial charge on any atom is -0.494 e. The van der Waals surface area contributed by atoms with E-state index in [0.717, 1.165) is 26.2 Å². The Morgan fingerprint density at radius 2 is 2.00 bits per heavy atom. The molecule has 0 aromatic heterocycles. The first kappa shape index (κ1) is 13.5. The van der Waals surface area contributed by atoms with Crippen molar-refractivity contribution in [1.82, 2.24) is 10.2 Å². The van der Waals surface area contributed by atoms with Crippen molar-refractivity contribution in [3.63, 3.8) is 0 Å². The zero-order valence-corrected chi connectivity index (χ0v) is 11.8. The molecule has 0 saturated carbocycles. The molecule has 4 heteroatoms. The standard InChI is InChI=1S/C16H22N2O2/c1-6-17-7-9-18(8-1)12-14-2-4-15(5-3-14)16-13-19-10-11-20-16/h2-5,10-11,16-17H,1,6-9,12-13H2/t16-/m1/s1. The van der Waals surface area contributed by atoms with Crippen molar-refractivity contribution in [2.45, 2.75) is 19.1 Å². The van der Waals surface area contributed by atoms with E-state index < -0.39 is 0 Å². The van der Waals surface area contributed by atoms with Gasteiger partial charge in [-0.2, -0.15) is 0 Å². The summed E-state index contributed by atoms with van der Waals surface area (Å²) in [6.07, 6.45) is 4.47. The summed E-state index contributed by atoms with van der Waals surface area (Å²) in [7, 11) is 0. The van der Waals surface area contributed by atoms with Gasteiger partial charge in [-0.1, -0.05) is 24.3 Å². The summed E-state index contributed by atoms with van der Waals surface area (Å²) in [5.41, 5.74) is 2.54. The molecule has 1 aromatic carbocycles. The molecule has 2 aliphatic heterocycles. The fourth-order valence-electron chi connectivity index (χ4n) is 2.68. The van der Waals surface area contributed by atoms with Crippen LogP contribution in [0.2, 0.25) is 0 Å². The normalized spacial score (nSPS) is 23.7. The monoisotopic (exact) mass is 274 g/mol. The van der Waals surface area contributed by atoms with Crippen LogP contribution in [0.25, 0.3) is 0 Å². The molecule has 2 aliphatic rings. The Kier molecular flexibility index (Phi) is 4.56. The molecule has 0 aliphatic carbocycles. The van der Waals surface area contributed by atoms with Crippen LogP contribution in [0.5, 0.6) is 0 Å². The van der Waals surface area contributed by atoms with Gasteiger partial charge < -0.3 is 14.8 Å². The van der Waals surface area contributed by atoms with Gasteiger partial charge in [0.15, 0.2) is 6.10 Å². The molecule has 1 saturated heterocycles. The molecule has 0 bridgehead atoms. The molecule has 1 atom stereocenters. The third-order valence-corrected chi connectivity index (χ3v) is 3.83. The summed E-state index contributed by atoms with van der Waals surface area (Å²) in [6.45, 7) is 6.17. The first-order chi connectivity index (χ1) is 9.92. The number of nitrogens with zero attached hydrogens (tertiary/aromatic N) is 1. The maximum atomic E-state index is 5.55. The summed E-state index contributed by atoms with van der Waals surface area (Å²) in [6, 6.07) is 8.71. The van der Waals surface area contributed by atoms with Gasteiger partial charge in [-0.05, 0) is 30.6 Å². The van der Waals surface area contributed by atoms with Crippen molar-refractivity contribution >= 4 is 0 Å². The summed E-state index contributed by atoms with van der Waals surface area (Å²) >= 11 is 0. The minimum absolute atomic E-state index is 0.0245. The molecule has 1 fully saturated rings. The van der Waals surface area contributed by atoms with Crippen LogP contribution in [0.3, 0.4) is 0 Å². The Hall–Kier alpha value is -1.52. The molecule has 1 N–H and O–H groups in total. The van der Waals surface area contributed by atoms with Crippen molar-refractivity contribution < 1.29 is 9.47 Å². The predicted octanol–water partition coefficient (Wildman–Crippen LogP) is 2.04. The molecule has 0 radical (unpaired) electrons. The molecule has 4 nitrogen and oxygen atoms in total. The van der Waals surface area contributed by atoms with Gasteiger partial charge in [0.1, 0.15) is 19.1 Å². The molecule has 0 unspecified atom stereocenters. The van der Waals surface area contributed by atoms with Gasteiger partial charge in [0.25, 0.3) is 0 Å². The average molecular weight is 274 g/mol. The second-order valence-corrected chi connectivity index (χ2v) is 5.35. The lowest BCUT2D eigenvalue weighted by Crippen LogP contribution is -2.27. The molecule has 2 heterocycles. The summed E-state index contributed by atoms with van der Waals surface area (Å²) in [4.78, 5) is 2.51. The third-order valence-electron chi connectivity index (χ3n) is 3.83. The molecular formula is C16H22N2O2. The van der Waals surface area contributed by atoms with E-state index in [1.807, 2.05) is 0 Å². The number of rotatable bonds is 3. The lowest BCUT2D eigenvalue weighted by Gasteiger charge is -2.22. The van der Waals surface area contributed by atoms with Gasteiger partial charge in [0.05, 0.1) is 0 Å². The van der Waals surface area contributed by atoms with E-state index in [9.17, 15) is 0 Å². The second kappa shape index (κ2) is 6.77. The van der Waals surface area contributed by atoms with Crippen LogP contribution in [-0.4, -0.2) is 37.7 Å². The molecule has 3 rings (SSSR count). The number of nitrogens with one attached hydrogen (secondary N) is 1. The molecular weight excluding hydrogens is 252 g/mol. The zero-order chi connectivity index (χ0) is 13.6. The maximum Gasteiger partial charge on any atom is 0.157 e. The smallest absolute Gasteiger partial charge is 0.157 e. The number of hydrogen-bond donors (Lipinski definition) is 1. The highest BCUT2D eigenvalue weighted by atomic mass is 16.6. The van der Waals surface area contributed by atoms with E-state index in [4.69, 9.17) is 9.47 Å². The number of benzene rings is 1. The highest BCUT2D eigenvalue weighted by Gasteiger charge is 2.15. The van der Waals surface area contributed by atoms with Crippen LogP contribution in [0, 0.1) is 0 Å². The van der Waals surface area contributed by atoms with Crippen LogP contribution < -0.4 is 5.32 Å². The highest BCUT2D eigenvalue weighted by Crippen LogP contribution is 2.21. The van der Waals surface area contributed by atoms with Crippen LogP contribution >= 0.6 is 0 Å². The predicted molar refractivity (Wildman–Crippen MR) is 78.1 cm³/mol. The third kappa shape index (κ3) is 3.52. The Morgan fingerprint density at radius 3 is 2.80 bits per heavy atom. The minimum atomic E-state index is 0.0245. The first-order valence-electron chi connectivity index (χ1n) is 7.36. The van der Waals surface area contributed by atoms with Crippen LogP contribution in [0.4, 0.5) is 0 Å². The lowest BCUT2D eigenvalue weighted by molar-refractivity contribution is 0.0326. The topological polar surface area (TPSA) is 33.7 Å². The summed E-state index contributed by atoms with van der Waals surface area (Å²) in [5, 5.41) is 3.44. The van der Waals surface area contributed by atoms with Crippen molar-refractivity contribution in [2.75, 3.05) is 32.8 Å². The number of hydrogen-bond acceptors (Lipinski definition) is 4. The van der Waals surface area contributed by atoms with E-state index in [2.05, 4.69) is 34.5 Å². The molecule has 108 valence electrons. The van der Waals surface area contributed by atoms with E-state index in [1.165, 1.54) is 24.1 Å². The lowest BCUT2D eigenvalue weighted by atomic mass is 10.1. The highest BCUT2D eigenvalue weighted by molar-refractivity contribution is 5.24. The van der Waals surface area contributed by atoms with Gasteiger partial charge in [-0.15, -0.1) is 0 Å². The SMILES string of the molecule is C1=CO[C@@H](c2ccc(CN3CCCNCC3)cc2)CO1. The van der Waals surface area contributed by atoms with Gasteiger partial charge >= 0.3 is 0 Å². The van der Waals surface area contributed by atoms with Crippen molar-refractivity contribution in [1.29, 1.82) is 0 Å².